The molecule has 1 aliphatic rings. The van der Waals surface area contributed by atoms with E-state index in [2.05, 4.69) is 28.1 Å². The van der Waals surface area contributed by atoms with Gasteiger partial charge in [-0.1, -0.05) is 18.2 Å². The van der Waals surface area contributed by atoms with Crippen LogP contribution in [0.1, 0.15) is 33.6 Å². The van der Waals surface area contributed by atoms with E-state index in [4.69, 9.17) is 4.74 Å². The van der Waals surface area contributed by atoms with Crippen LogP contribution in [0, 0.1) is 0 Å². The lowest BCUT2D eigenvalue weighted by Crippen LogP contribution is -2.31. The highest BCUT2D eigenvalue weighted by molar-refractivity contribution is 7.09. The molecular formula is C18H22N2O2S. The van der Waals surface area contributed by atoms with E-state index in [0.29, 0.717) is 12.1 Å². The quantitative estimate of drug-likeness (QED) is 0.821. The molecule has 122 valence electrons. The highest BCUT2D eigenvalue weighted by Gasteiger charge is 2.16. The molecule has 1 saturated heterocycles. The van der Waals surface area contributed by atoms with Crippen LogP contribution in [0.3, 0.4) is 0 Å². The molecule has 5 heteroatoms. The van der Waals surface area contributed by atoms with Gasteiger partial charge in [0.2, 0.25) is 0 Å². The predicted molar refractivity (Wildman–Crippen MR) is 92.6 cm³/mol. The molecule has 3 rings (SSSR count). The number of nitrogens with one attached hydrogen (secondary N) is 2. The van der Waals surface area contributed by atoms with E-state index >= 15 is 0 Å². The second-order valence-corrected chi connectivity index (χ2v) is 6.76. The van der Waals surface area contributed by atoms with Crippen LogP contribution in [0.25, 0.3) is 0 Å². The Balaban J connectivity index is 1.48. The van der Waals surface area contributed by atoms with Crippen molar-refractivity contribution in [2.45, 2.75) is 32.0 Å². The van der Waals surface area contributed by atoms with Gasteiger partial charge in [0, 0.05) is 36.7 Å². The van der Waals surface area contributed by atoms with Crippen LogP contribution >= 0.6 is 11.3 Å². The lowest BCUT2D eigenvalue weighted by molar-refractivity contribution is 0.0857. The van der Waals surface area contributed by atoms with E-state index in [1.54, 1.807) is 11.3 Å². The van der Waals surface area contributed by atoms with Gasteiger partial charge in [-0.2, -0.15) is 0 Å². The predicted octanol–water partition coefficient (Wildman–Crippen LogP) is 2.95. The maximum Gasteiger partial charge on any atom is 0.251 e. The Bertz CT molecular complexity index is 622. The number of ether oxygens (including phenoxy) is 1. The molecule has 4 nitrogen and oxygen atoms in total. The number of hydrogen-bond acceptors (Lipinski definition) is 4. The zero-order valence-electron chi connectivity index (χ0n) is 13.1. The van der Waals surface area contributed by atoms with Crippen molar-refractivity contribution in [3.05, 3.63) is 57.8 Å². The van der Waals surface area contributed by atoms with Gasteiger partial charge >= 0.3 is 0 Å². The van der Waals surface area contributed by atoms with Crippen molar-refractivity contribution in [1.82, 2.24) is 10.6 Å². The molecule has 2 N–H and O–H groups in total. The minimum absolute atomic E-state index is 0.0272. The summed E-state index contributed by atoms with van der Waals surface area (Å²) in [6.45, 7) is 3.02. The number of carbonyl (C=O) groups excluding carboxylic acids is 1. The molecular weight excluding hydrogens is 308 g/mol. The molecule has 0 radical (unpaired) electrons. The van der Waals surface area contributed by atoms with E-state index in [1.165, 1.54) is 4.88 Å². The number of carbonyl (C=O) groups is 1. The van der Waals surface area contributed by atoms with Gasteiger partial charge < -0.3 is 15.4 Å². The molecule has 0 bridgehead atoms. The molecule has 1 amide bonds. The SMILES string of the molecule is O=C(NCC1CCCO1)c1cccc(CNCc2cccs2)c1. The van der Waals surface area contributed by atoms with Crippen LogP contribution in [0.2, 0.25) is 0 Å². The molecule has 2 heterocycles. The number of rotatable bonds is 7. The Kier molecular flexibility index (Phi) is 5.80. The minimum atomic E-state index is -0.0272. The molecule has 23 heavy (non-hydrogen) atoms. The van der Waals surface area contributed by atoms with Crippen molar-refractivity contribution in [1.29, 1.82) is 0 Å². The van der Waals surface area contributed by atoms with E-state index in [9.17, 15) is 4.79 Å². The molecule has 1 aliphatic heterocycles. The van der Waals surface area contributed by atoms with Crippen LogP contribution in [0.15, 0.2) is 41.8 Å². The molecule has 1 fully saturated rings. The van der Waals surface area contributed by atoms with Crippen LogP contribution in [-0.4, -0.2) is 25.2 Å². The first-order valence-corrected chi connectivity index (χ1v) is 8.91. The Morgan fingerprint density at radius 3 is 3.00 bits per heavy atom. The van der Waals surface area contributed by atoms with Crippen LogP contribution < -0.4 is 10.6 Å². The summed E-state index contributed by atoms with van der Waals surface area (Å²) < 4.78 is 5.53. The third-order valence-corrected chi connectivity index (χ3v) is 4.79. The van der Waals surface area contributed by atoms with Gasteiger partial charge in [0.25, 0.3) is 5.91 Å². The summed E-state index contributed by atoms with van der Waals surface area (Å²) in [5.74, 6) is -0.0272. The molecule has 1 atom stereocenters. The molecule has 1 unspecified atom stereocenters. The first-order chi connectivity index (χ1) is 11.3. The first-order valence-electron chi connectivity index (χ1n) is 8.03. The van der Waals surface area contributed by atoms with Crippen molar-refractivity contribution >= 4 is 17.2 Å². The Hall–Kier alpha value is -1.69. The third-order valence-electron chi connectivity index (χ3n) is 3.91. The van der Waals surface area contributed by atoms with Crippen molar-refractivity contribution in [2.75, 3.05) is 13.2 Å². The summed E-state index contributed by atoms with van der Waals surface area (Å²) in [4.78, 5) is 13.5. The molecule has 1 aromatic heterocycles. The Morgan fingerprint density at radius 1 is 1.26 bits per heavy atom. The van der Waals surface area contributed by atoms with Gasteiger partial charge in [-0.15, -0.1) is 11.3 Å². The first kappa shape index (κ1) is 16.2. The van der Waals surface area contributed by atoms with Gasteiger partial charge in [0.05, 0.1) is 6.10 Å². The number of thiophene rings is 1. The van der Waals surface area contributed by atoms with E-state index < -0.39 is 0 Å². The minimum Gasteiger partial charge on any atom is -0.376 e. The molecule has 0 spiro atoms. The lowest BCUT2D eigenvalue weighted by atomic mass is 10.1. The largest absolute Gasteiger partial charge is 0.376 e. The number of benzene rings is 1. The maximum absolute atomic E-state index is 12.2. The van der Waals surface area contributed by atoms with E-state index in [0.717, 1.165) is 38.1 Å². The Morgan fingerprint density at radius 2 is 2.22 bits per heavy atom. The van der Waals surface area contributed by atoms with Crippen LogP contribution in [0.4, 0.5) is 0 Å². The maximum atomic E-state index is 12.2. The summed E-state index contributed by atoms with van der Waals surface area (Å²) in [6, 6.07) is 12.0. The third kappa shape index (κ3) is 4.89. The molecule has 0 saturated carbocycles. The van der Waals surface area contributed by atoms with Crippen molar-refractivity contribution in [3.63, 3.8) is 0 Å². The summed E-state index contributed by atoms with van der Waals surface area (Å²) in [5.41, 5.74) is 1.82. The van der Waals surface area contributed by atoms with Gasteiger partial charge in [-0.25, -0.2) is 0 Å². The topological polar surface area (TPSA) is 50.4 Å². The monoisotopic (exact) mass is 330 g/mol. The molecule has 2 aromatic rings. The summed E-state index contributed by atoms with van der Waals surface area (Å²) >= 11 is 1.75. The standard InChI is InChI=1S/C18H22N2O2S/c21-18(20-12-16-6-2-8-22-16)15-5-1-4-14(10-15)11-19-13-17-7-3-9-23-17/h1,3-5,7,9-10,16,19H,2,6,8,11-13H2,(H,20,21). The second-order valence-electron chi connectivity index (χ2n) is 5.73. The van der Waals surface area contributed by atoms with Crippen LogP contribution in [-0.2, 0) is 17.8 Å². The fourth-order valence-electron chi connectivity index (χ4n) is 2.68. The molecule has 1 aromatic carbocycles. The summed E-state index contributed by atoms with van der Waals surface area (Å²) in [6.07, 6.45) is 2.30. The summed E-state index contributed by atoms with van der Waals surface area (Å²) in [5, 5.41) is 8.45. The second kappa shape index (κ2) is 8.24. The van der Waals surface area contributed by atoms with E-state index in [1.807, 2.05) is 24.3 Å². The molecule has 0 aliphatic carbocycles. The van der Waals surface area contributed by atoms with E-state index in [-0.39, 0.29) is 12.0 Å². The van der Waals surface area contributed by atoms with Crippen molar-refractivity contribution in [2.24, 2.45) is 0 Å². The smallest absolute Gasteiger partial charge is 0.251 e. The zero-order chi connectivity index (χ0) is 15.9. The van der Waals surface area contributed by atoms with Crippen molar-refractivity contribution in [3.8, 4) is 0 Å². The lowest BCUT2D eigenvalue weighted by Gasteiger charge is -2.11. The van der Waals surface area contributed by atoms with Crippen LogP contribution in [0.5, 0.6) is 0 Å². The zero-order valence-corrected chi connectivity index (χ0v) is 13.9. The average Bonchev–Trinajstić information content (AvgIpc) is 3.26. The van der Waals surface area contributed by atoms with Gasteiger partial charge in [0.1, 0.15) is 0 Å². The Labute approximate surface area is 140 Å². The van der Waals surface area contributed by atoms with Gasteiger partial charge in [-0.3, -0.25) is 4.79 Å². The number of amides is 1. The number of hydrogen-bond donors (Lipinski definition) is 2. The highest BCUT2D eigenvalue weighted by Crippen LogP contribution is 2.12. The summed E-state index contributed by atoms with van der Waals surface area (Å²) in [7, 11) is 0. The fraction of sp³-hybridized carbons (Fsp3) is 0.389. The average molecular weight is 330 g/mol. The van der Waals surface area contributed by atoms with Gasteiger partial charge in [0.15, 0.2) is 0 Å². The fourth-order valence-corrected chi connectivity index (χ4v) is 3.35. The normalized spacial score (nSPS) is 17.3. The van der Waals surface area contributed by atoms with Crippen molar-refractivity contribution < 1.29 is 9.53 Å². The van der Waals surface area contributed by atoms with Gasteiger partial charge in [-0.05, 0) is 42.0 Å². The highest BCUT2D eigenvalue weighted by atomic mass is 32.1.